The van der Waals surface area contributed by atoms with Crippen LogP contribution in [-0.4, -0.2) is 21.0 Å². The SMILES string of the molecule is CC(C)c1cnc(-c2cccc(C(=O)O)c2)[nH]1. The van der Waals surface area contributed by atoms with E-state index in [0.29, 0.717) is 11.7 Å². The monoisotopic (exact) mass is 230 g/mol. The van der Waals surface area contributed by atoms with Crippen molar-refractivity contribution >= 4 is 5.97 Å². The number of carboxylic acids is 1. The molecule has 17 heavy (non-hydrogen) atoms. The van der Waals surface area contributed by atoms with Gasteiger partial charge in [0, 0.05) is 17.5 Å². The fourth-order valence-electron chi connectivity index (χ4n) is 1.57. The molecule has 0 spiro atoms. The summed E-state index contributed by atoms with van der Waals surface area (Å²) in [6.07, 6.45) is 1.79. The van der Waals surface area contributed by atoms with Gasteiger partial charge in [-0.15, -0.1) is 0 Å². The minimum absolute atomic E-state index is 0.269. The van der Waals surface area contributed by atoms with E-state index in [1.807, 2.05) is 6.07 Å². The molecule has 0 atom stereocenters. The molecule has 0 amide bonds. The molecule has 1 heterocycles. The van der Waals surface area contributed by atoms with Gasteiger partial charge in [0.05, 0.1) is 5.56 Å². The molecule has 2 N–H and O–H groups in total. The number of aromatic amines is 1. The molecule has 1 aromatic heterocycles. The molecule has 0 aliphatic carbocycles. The third kappa shape index (κ3) is 2.36. The molecule has 2 rings (SSSR count). The van der Waals surface area contributed by atoms with Crippen LogP contribution >= 0.6 is 0 Å². The third-order valence-corrected chi connectivity index (χ3v) is 2.60. The second-order valence-corrected chi connectivity index (χ2v) is 4.23. The number of H-pyrrole nitrogens is 1. The Hall–Kier alpha value is -2.10. The Morgan fingerprint density at radius 2 is 2.18 bits per heavy atom. The topological polar surface area (TPSA) is 66.0 Å². The summed E-state index contributed by atoms with van der Waals surface area (Å²) >= 11 is 0. The number of benzene rings is 1. The van der Waals surface area contributed by atoms with Crippen molar-refractivity contribution in [2.24, 2.45) is 0 Å². The van der Waals surface area contributed by atoms with Gasteiger partial charge in [0.15, 0.2) is 0 Å². The highest BCUT2D eigenvalue weighted by Crippen LogP contribution is 2.20. The van der Waals surface area contributed by atoms with E-state index < -0.39 is 5.97 Å². The molecule has 0 fully saturated rings. The maximum absolute atomic E-state index is 10.9. The van der Waals surface area contributed by atoms with Crippen LogP contribution in [0.4, 0.5) is 0 Å². The van der Waals surface area contributed by atoms with Crippen LogP contribution in [0, 0.1) is 0 Å². The number of hydrogen-bond acceptors (Lipinski definition) is 2. The summed E-state index contributed by atoms with van der Waals surface area (Å²) < 4.78 is 0. The minimum atomic E-state index is -0.928. The summed E-state index contributed by atoms with van der Waals surface area (Å²) in [6.45, 7) is 4.15. The lowest BCUT2D eigenvalue weighted by Crippen LogP contribution is -1.96. The second kappa shape index (κ2) is 4.41. The summed E-state index contributed by atoms with van der Waals surface area (Å²) in [7, 11) is 0. The summed E-state index contributed by atoms with van der Waals surface area (Å²) in [5.41, 5.74) is 2.10. The van der Waals surface area contributed by atoms with Gasteiger partial charge in [-0.3, -0.25) is 0 Å². The van der Waals surface area contributed by atoms with E-state index in [1.165, 1.54) is 0 Å². The number of imidazole rings is 1. The molecule has 0 unspecified atom stereocenters. The van der Waals surface area contributed by atoms with Crippen molar-refractivity contribution < 1.29 is 9.90 Å². The predicted octanol–water partition coefficient (Wildman–Crippen LogP) is 2.90. The molecule has 0 saturated heterocycles. The summed E-state index contributed by atoms with van der Waals surface area (Å²) in [5.74, 6) is 0.151. The average molecular weight is 230 g/mol. The van der Waals surface area contributed by atoms with Crippen molar-refractivity contribution in [3.05, 3.63) is 41.7 Å². The predicted molar refractivity (Wildman–Crippen MR) is 65.1 cm³/mol. The molecule has 0 saturated carbocycles. The van der Waals surface area contributed by atoms with Crippen LogP contribution in [0.25, 0.3) is 11.4 Å². The van der Waals surface area contributed by atoms with Crippen molar-refractivity contribution in [2.45, 2.75) is 19.8 Å². The molecule has 4 heteroatoms. The van der Waals surface area contributed by atoms with Crippen molar-refractivity contribution in [1.29, 1.82) is 0 Å². The van der Waals surface area contributed by atoms with Crippen molar-refractivity contribution in [3.63, 3.8) is 0 Å². The number of nitrogens with zero attached hydrogens (tertiary/aromatic N) is 1. The Labute approximate surface area is 99.3 Å². The van der Waals surface area contributed by atoms with Crippen molar-refractivity contribution in [1.82, 2.24) is 9.97 Å². The summed E-state index contributed by atoms with van der Waals surface area (Å²) in [5, 5.41) is 8.92. The van der Waals surface area contributed by atoms with Gasteiger partial charge in [-0.1, -0.05) is 26.0 Å². The smallest absolute Gasteiger partial charge is 0.335 e. The van der Waals surface area contributed by atoms with Crippen molar-refractivity contribution in [3.8, 4) is 11.4 Å². The zero-order valence-corrected chi connectivity index (χ0v) is 9.77. The minimum Gasteiger partial charge on any atom is -0.478 e. The summed E-state index contributed by atoms with van der Waals surface area (Å²) in [6, 6.07) is 6.75. The molecular weight excluding hydrogens is 216 g/mol. The van der Waals surface area contributed by atoms with E-state index in [0.717, 1.165) is 11.3 Å². The lowest BCUT2D eigenvalue weighted by atomic mass is 10.1. The number of hydrogen-bond donors (Lipinski definition) is 2. The first-order valence-corrected chi connectivity index (χ1v) is 5.46. The van der Waals surface area contributed by atoms with Crippen LogP contribution in [0.2, 0.25) is 0 Å². The molecule has 0 radical (unpaired) electrons. The van der Waals surface area contributed by atoms with Gasteiger partial charge in [-0.05, 0) is 18.1 Å². The molecule has 2 aromatic rings. The van der Waals surface area contributed by atoms with Gasteiger partial charge in [0.1, 0.15) is 5.82 Å². The van der Waals surface area contributed by atoms with E-state index in [9.17, 15) is 4.79 Å². The maximum atomic E-state index is 10.9. The fraction of sp³-hybridized carbons (Fsp3) is 0.231. The number of nitrogens with one attached hydrogen (secondary N) is 1. The van der Waals surface area contributed by atoms with Crippen LogP contribution in [0.1, 0.15) is 35.8 Å². The van der Waals surface area contributed by atoms with E-state index in [2.05, 4.69) is 23.8 Å². The van der Waals surface area contributed by atoms with Gasteiger partial charge in [0.2, 0.25) is 0 Å². The zero-order valence-electron chi connectivity index (χ0n) is 9.77. The number of aromatic carboxylic acids is 1. The standard InChI is InChI=1S/C13H14N2O2/c1-8(2)11-7-14-12(15-11)9-4-3-5-10(6-9)13(16)17/h3-8H,1-2H3,(H,14,15)(H,16,17). The van der Waals surface area contributed by atoms with Gasteiger partial charge in [-0.2, -0.15) is 0 Å². The molecule has 0 aliphatic heterocycles. The second-order valence-electron chi connectivity index (χ2n) is 4.23. The lowest BCUT2D eigenvalue weighted by Gasteiger charge is -2.01. The third-order valence-electron chi connectivity index (χ3n) is 2.60. The van der Waals surface area contributed by atoms with Crippen LogP contribution < -0.4 is 0 Å². The van der Waals surface area contributed by atoms with Crippen LogP contribution in [0.15, 0.2) is 30.5 Å². The molecular formula is C13H14N2O2. The van der Waals surface area contributed by atoms with Gasteiger partial charge in [0.25, 0.3) is 0 Å². The quantitative estimate of drug-likeness (QED) is 0.852. The first-order chi connectivity index (χ1) is 8.08. The van der Waals surface area contributed by atoms with Crippen LogP contribution in [-0.2, 0) is 0 Å². The number of carboxylic acid groups (broad SMARTS) is 1. The Morgan fingerprint density at radius 1 is 1.41 bits per heavy atom. The van der Waals surface area contributed by atoms with E-state index in [1.54, 1.807) is 24.4 Å². The normalized spacial score (nSPS) is 10.8. The first kappa shape index (κ1) is 11.4. The van der Waals surface area contributed by atoms with E-state index in [-0.39, 0.29) is 5.56 Å². The van der Waals surface area contributed by atoms with Crippen LogP contribution in [0.3, 0.4) is 0 Å². The number of rotatable bonds is 3. The Balaban J connectivity index is 2.38. The highest BCUT2D eigenvalue weighted by Gasteiger charge is 2.08. The Morgan fingerprint density at radius 3 is 2.76 bits per heavy atom. The molecule has 0 bridgehead atoms. The largest absolute Gasteiger partial charge is 0.478 e. The van der Waals surface area contributed by atoms with E-state index in [4.69, 9.17) is 5.11 Å². The molecule has 88 valence electrons. The molecule has 1 aromatic carbocycles. The first-order valence-electron chi connectivity index (χ1n) is 5.46. The lowest BCUT2D eigenvalue weighted by molar-refractivity contribution is 0.0697. The zero-order chi connectivity index (χ0) is 12.4. The fourth-order valence-corrected chi connectivity index (χ4v) is 1.57. The van der Waals surface area contributed by atoms with Crippen LogP contribution in [0.5, 0.6) is 0 Å². The number of carbonyl (C=O) groups is 1. The maximum Gasteiger partial charge on any atom is 0.335 e. The molecule has 4 nitrogen and oxygen atoms in total. The van der Waals surface area contributed by atoms with Crippen molar-refractivity contribution in [2.75, 3.05) is 0 Å². The summed E-state index contributed by atoms with van der Waals surface area (Å²) in [4.78, 5) is 18.3. The Bertz CT molecular complexity index is 544. The molecule has 0 aliphatic rings. The van der Waals surface area contributed by atoms with Gasteiger partial charge < -0.3 is 10.1 Å². The number of aromatic nitrogens is 2. The highest BCUT2D eigenvalue weighted by molar-refractivity contribution is 5.89. The van der Waals surface area contributed by atoms with E-state index >= 15 is 0 Å². The van der Waals surface area contributed by atoms with Gasteiger partial charge >= 0.3 is 5.97 Å². The Kier molecular flexibility index (Phi) is 2.95. The highest BCUT2D eigenvalue weighted by atomic mass is 16.4. The van der Waals surface area contributed by atoms with Gasteiger partial charge in [-0.25, -0.2) is 9.78 Å². The average Bonchev–Trinajstić information content (AvgIpc) is 2.78.